The lowest BCUT2D eigenvalue weighted by Gasteiger charge is -2.50. The summed E-state index contributed by atoms with van der Waals surface area (Å²) in [6.45, 7) is 8.41. The molecule has 296 valence electrons. The summed E-state index contributed by atoms with van der Waals surface area (Å²) in [5.41, 5.74) is 5.71. The van der Waals surface area contributed by atoms with Gasteiger partial charge in [-0.3, -0.25) is 18.9 Å². The molecule has 0 aliphatic carbocycles. The smallest absolute Gasteiger partial charge is 0.418 e. The third kappa shape index (κ3) is 8.72. The quantitative estimate of drug-likeness (QED) is 0.0400. The van der Waals surface area contributed by atoms with Crippen LogP contribution in [0.3, 0.4) is 0 Å². The Hall–Kier alpha value is -5.16. The molecular weight excluding hydrogens is 763 g/mol. The zero-order valence-corrected chi connectivity index (χ0v) is 31.8. The number of benzene rings is 1. The van der Waals surface area contributed by atoms with Crippen molar-refractivity contribution in [1.29, 1.82) is 0 Å². The van der Waals surface area contributed by atoms with Gasteiger partial charge < -0.3 is 35.9 Å². The summed E-state index contributed by atoms with van der Waals surface area (Å²) in [5, 5.41) is 21.1. The Morgan fingerprint density at radius 3 is 2.65 bits per heavy atom. The monoisotopic (exact) mass is 804 g/mol. The van der Waals surface area contributed by atoms with Gasteiger partial charge in [0.1, 0.15) is 29.8 Å². The third-order valence-corrected chi connectivity index (χ3v) is 10.5. The number of thiazole rings is 1. The molecule has 3 amide bonds. The second-order valence-corrected chi connectivity index (χ2v) is 15.7. The second kappa shape index (κ2) is 15.9. The number of oxime groups is 1. The third-order valence-electron chi connectivity index (χ3n) is 9.46. The van der Waals surface area contributed by atoms with Gasteiger partial charge in [-0.2, -0.15) is 18.2 Å². The van der Waals surface area contributed by atoms with Crippen LogP contribution in [0.15, 0.2) is 41.1 Å². The number of nitrogens with zero attached hydrogens (tertiary/aromatic N) is 6. The van der Waals surface area contributed by atoms with E-state index in [4.69, 9.17) is 19.9 Å². The van der Waals surface area contributed by atoms with E-state index in [9.17, 15) is 32.7 Å². The van der Waals surface area contributed by atoms with E-state index < -0.39 is 58.2 Å². The Kier molecular flexibility index (Phi) is 11.4. The number of fused-ring (bicyclic) bond motifs is 1. The number of hydroxylamine groups is 2. The van der Waals surface area contributed by atoms with Crippen LogP contribution in [0.25, 0.3) is 0 Å². The van der Waals surface area contributed by atoms with Gasteiger partial charge in [0.25, 0.3) is 23.8 Å². The molecule has 1 aromatic carbocycles. The summed E-state index contributed by atoms with van der Waals surface area (Å²) in [7, 11) is -5.04. The van der Waals surface area contributed by atoms with E-state index in [1.165, 1.54) is 19.2 Å². The predicted molar refractivity (Wildman–Crippen MR) is 194 cm³/mol. The molecule has 22 heteroatoms. The Morgan fingerprint density at radius 2 is 2.04 bits per heavy atom. The number of carbonyl (C=O) groups is 4. The summed E-state index contributed by atoms with van der Waals surface area (Å²) in [6, 6.07) is 3.52. The average molecular weight is 805 g/mol. The van der Waals surface area contributed by atoms with Crippen LogP contribution in [0.2, 0.25) is 0 Å². The van der Waals surface area contributed by atoms with Crippen LogP contribution in [-0.2, 0) is 53.4 Å². The van der Waals surface area contributed by atoms with Crippen LogP contribution in [0.4, 0.5) is 10.8 Å². The van der Waals surface area contributed by atoms with Gasteiger partial charge in [0.15, 0.2) is 17.4 Å². The number of nitrogens with one attached hydrogen (secondary N) is 2. The zero-order valence-electron chi connectivity index (χ0n) is 30.2. The number of hydrogen-bond donors (Lipinski definition) is 5. The molecule has 5 heterocycles. The van der Waals surface area contributed by atoms with Crippen molar-refractivity contribution in [3.8, 4) is 5.75 Å². The highest BCUT2D eigenvalue weighted by Crippen LogP contribution is 2.33. The minimum Gasteiger partial charge on any atom is -0.489 e. The minimum atomic E-state index is -5.04. The van der Waals surface area contributed by atoms with E-state index in [0.717, 1.165) is 61.6 Å². The van der Waals surface area contributed by atoms with Crippen molar-refractivity contribution in [3.63, 3.8) is 0 Å². The maximum absolute atomic E-state index is 13.7. The summed E-state index contributed by atoms with van der Waals surface area (Å²) >= 11 is 0.952. The van der Waals surface area contributed by atoms with Gasteiger partial charge in [-0.1, -0.05) is 18.5 Å². The van der Waals surface area contributed by atoms with Gasteiger partial charge >= 0.3 is 16.4 Å². The highest BCUT2D eigenvalue weighted by molar-refractivity contribution is 7.80. The molecular formula is C33H42N9O11S2+. The number of amides is 3. The molecule has 6 rings (SSSR count). The maximum atomic E-state index is 13.7. The Bertz CT molecular complexity index is 2110. The van der Waals surface area contributed by atoms with Gasteiger partial charge in [0.2, 0.25) is 6.20 Å². The number of aliphatic carboxylic acids is 1. The first-order valence-corrected chi connectivity index (χ1v) is 19.7. The number of β-lactam (4-membered cyclic amide) rings is 1. The van der Waals surface area contributed by atoms with Gasteiger partial charge in [0, 0.05) is 36.5 Å². The molecule has 3 aliphatic rings. The van der Waals surface area contributed by atoms with Crippen molar-refractivity contribution in [2.24, 2.45) is 11.1 Å². The standard InChI is InChI=1S/C33H41N9O11S2/c1-4-5-9-39-15-21(16-40(39)14-19-12-35-13-19)41-10-8-20-11-22(6-7-23(20)29(41)44)51-17-25(31(46)47)52-38-26(24-18-54-32(34)36-24)28(43)37-27-30(45)42(33(27,2)3)53-55(48,49)50/h6-7,11,15-16,18-19,25,27,35H,4-5,8-10,12-14,17H2,1-3H3,(H4-,34,36,37,43,46,47,48,49,50)/p+1/b38-26-/t25-,27+/m0/s1. The maximum Gasteiger partial charge on any atom is 0.418 e. The predicted octanol–water partition coefficient (Wildman–Crippen LogP) is 0.130. The SMILES string of the molecule is CCCCn1cc(N2CCc3cc(OC[C@H](O/N=C(\C(=O)N[C@@H]4C(=O)N(OS(=O)(=O)O)C4(C)C)c4csc(N)n4)C(=O)O)ccc3C2=O)c[n+]1CC1CNC1. The molecule has 0 saturated carbocycles. The molecule has 3 aliphatic heterocycles. The fraction of sp³-hybridized carbons (Fsp3) is 0.485. The van der Waals surface area contributed by atoms with Crippen LogP contribution >= 0.6 is 11.3 Å². The lowest BCUT2D eigenvalue weighted by molar-refractivity contribution is -0.781. The van der Waals surface area contributed by atoms with Crippen LogP contribution in [0, 0.1) is 5.92 Å². The number of anilines is 2. The molecule has 2 fully saturated rings. The van der Waals surface area contributed by atoms with Crippen molar-refractivity contribution >= 4 is 62.0 Å². The van der Waals surface area contributed by atoms with E-state index in [1.807, 2.05) is 12.4 Å². The first-order chi connectivity index (χ1) is 26.0. The number of nitrogen functional groups attached to an aromatic ring is 1. The van der Waals surface area contributed by atoms with E-state index in [1.54, 1.807) is 23.1 Å². The number of unbranched alkanes of at least 4 members (excludes halogenated alkanes) is 1. The van der Waals surface area contributed by atoms with Crippen LogP contribution in [0.1, 0.15) is 55.2 Å². The topological polar surface area (TPSA) is 261 Å². The van der Waals surface area contributed by atoms with Crippen molar-refractivity contribution in [3.05, 3.63) is 52.8 Å². The van der Waals surface area contributed by atoms with Gasteiger partial charge in [-0.25, -0.2) is 9.78 Å². The van der Waals surface area contributed by atoms with E-state index >= 15 is 0 Å². The second-order valence-electron chi connectivity index (χ2n) is 13.8. The zero-order chi connectivity index (χ0) is 39.7. The molecule has 20 nitrogen and oxygen atoms in total. The number of carboxylic acid groups (broad SMARTS) is 1. The van der Waals surface area contributed by atoms with E-state index in [2.05, 4.69) is 41.3 Å². The lowest BCUT2D eigenvalue weighted by Crippen LogP contribution is -2.76. The highest BCUT2D eigenvalue weighted by Gasteiger charge is 2.58. The Labute approximate surface area is 319 Å². The van der Waals surface area contributed by atoms with E-state index in [0.29, 0.717) is 29.5 Å². The molecule has 6 N–H and O–H groups in total. The molecule has 55 heavy (non-hydrogen) atoms. The number of ether oxygens (including phenoxy) is 1. The minimum absolute atomic E-state index is 0.0474. The van der Waals surface area contributed by atoms with Crippen LogP contribution in [-0.4, -0.2) is 106 Å². The lowest BCUT2D eigenvalue weighted by atomic mass is 9.84. The summed E-state index contributed by atoms with van der Waals surface area (Å²) < 4.78 is 45.8. The van der Waals surface area contributed by atoms with Gasteiger partial charge in [0.05, 0.1) is 18.3 Å². The van der Waals surface area contributed by atoms with Crippen molar-refractivity contribution in [2.45, 2.75) is 70.8 Å². The first-order valence-electron chi connectivity index (χ1n) is 17.4. The van der Waals surface area contributed by atoms with Gasteiger partial charge in [-0.15, -0.1) is 20.3 Å². The summed E-state index contributed by atoms with van der Waals surface area (Å²) in [4.78, 5) is 62.8. The fourth-order valence-electron chi connectivity index (χ4n) is 6.30. The molecule has 2 aromatic heterocycles. The molecule has 3 aromatic rings. The number of carboxylic acids is 1. The normalized spacial score (nSPS) is 19.0. The average Bonchev–Trinajstić information content (AvgIpc) is 3.73. The number of aromatic nitrogens is 3. The largest absolute Gasteiger partial charge is 0.489 e. The molecule has 0 bridgehead atoms. The number of aryl methyl sites for hydroxylation is 1. The fourth-order valence-corrected chi connectivity index (χ4v) is 7.30. The van der Waals surface area contributed by atoms with Crippen LogP contribution < -0.4 is 30.7 Å². The summed E-state index contributed by atoms with van der Waals surface area (Å²) in [5.74, 6) is -2.84. The molecule has 0 spiro atoms. The van der Waals surface area contributed by atoms with Gasteiger partial charge in [-0.05, 0) is 50.5 Å². The molecule has 2 saturated heterocycles. The first kappa shape index (κ1) is 39.5. The summed E-state index contributed by atoms with van der Waals surface area (Å²) in [6.07, 6.45) is 4.93. The Morgan fingerprint density at radius 1 is 1.27 bits per heavy atom. The van der Waals surface area contributed by atoms with Crippen LogP contribution in [0.5, 0.6) is 5.75 Å². The molecule has 0 radical (unpaired) electrons. The molecule has 0 unspecified atom stereocenters. The highest BCUT2D eigenvalue weighted by atomic mass is 32.3. The number of rotatable bonds is 17. The Balaban J connectivity index is 1.12. The number of nitrogens with two attached hydrogens (primary N) is 1. The van der Waals surface area contributed by atoms with Crippen molar-refractivity contribution in [1.82, 2.24) is 25.4 Å². The molecule has 2 atom stereocenters. The van der Waals surface area contributed by atoms with Crippen molar-refractivity contribution in [2.75, 3.05) is 36.9 Å². The van der Waals surface area contributed by atoms with Crippen molar-refractivity contribution < 1.29 is 55.8 Å². The van der Waals surface area contributed by atoms with E-state index in [-0.39, 0.29) is 22.5 Å². The number of hydrogen-bond acceptors (Lipinski definition) is 14. The number of carbonyl (C=O) groups excluding carboxylic acids is 3.